The van der Waals surface area contributed by atoms with E-state index in [4.69, 9.17) is 16.7 Å². The number of nitrogens with zero attached hydrogens (tertiary/aromatic N) is 1. The number of halogens is 1. The molecule has 1 aromatic carbocycles. The van der Waals surface area contributed by atoms with Gasteiger partial charge in [0, 0.05) is 6.04 Å². The fourth-order valence-corrected chi connectivity index (χ4v) is 2.09. The predicted molar refractivity (Wildman–Crippen MR) is 72.6 cm³/mol. The van der Waals surface area contributed by atoms with Crippen LogP contribution in [0.4, 0.5) is 10.5 Å². The lowest BCUT2D eigenvalue weighted by molar-refractivity contribution is -0.137. The van der Waals surface area contributed by atoms with E-state index < -0.39 is 12.0 Å². The van der Waals surface area contributed by atoms with Crippen molar-refractivity contribution in [2.45, 2.75) is 25.8 Å². The van der Waals surface area contributed by atoms with E-state index in [1.54, 1.807) is 12.1 Å². The third-order valence-corrected chi connectivity index (χ3v) is 3.23. The highest BCUT2D eigenvalue weighted by molar-refractivity contribution is 6.33. The van der Waals surface area contributed by atoms with Crippen molar-refractivity contribution in [3.05, 3.63) is 28.8 Å². The van der Waals surface area contributed by atoms with E-state index in [0.29, 0.717) is 10.7 Å². The van der Waals surface area contributed by atoms with E-state index in [-0.39, 0.29) is 12.6 Å². The highest BCUT2D eigenvalue weighted by atomic mass is 35.5. The number of carboxylic acid groups (broad SMARTS) is 1. The van der Waals surface area contributed by atoms with Gasteiger partial charge in [0.2, 0.25) is 0 Å². The van der Waals surface area contributed by atoms with Gasteiger partial charge in [-0.3, -0.25) is 4.79 Å². The number of anilines is 1. The number of amides is 2. The number of carbonyl (C=O) groups is 2. The van der Waals surface area contributed by atoms with Gasteiger partial charge < -0.3 is 15.3 Å². The van der Waals surface area contributed by atoms with E-state index in [9.17, 15) is 9.59 Å². The van der Waals surface area contributed by atoms with Gasteiger partial charge in [0.15, 0.2) is 0 Å². The molecule has 1 saturated carbocycles. The first-order chi connectivity index (χ1) is 8.97. The first-order valence-electron chi connectivity index (χ1n) is 6.03. The monoisotopic (exact) mass is 282 g/mol. The Kier molecular flexibility index (Phi) is 3.95. The molecule has 2 N–H and O–H groups in total. The van der Waals surface area contributed by atoms with Gasteiger partial charge in [-0.05, 0) is 37.5 Å². The lowest BCUT2D eigenvalue weighted by atomic mass is 10.2. The molecule has 0 saturated heterocycles. The van der Waals surface area contributed by atoms with Crippen LogP contribution >= 0.6 is 11.6 Å². The molecule has 0 radical (unpaired) electrons. The number of carboxylic acids is 1. The molecule has 1 aliphatic rings. The maximum atomic E-state index is 12.1. The smallest absolute Gasteiger partial charge is 0.323 e. The van der Waals surface area contributed by atoms with Gasteiger partial charge in [-0.2, -0.15) is 0 Å². The van der Waals surface area contributed by atoms with Gasteiger partial charge in [-0.1, -0.05) is 17.7 Å². The molecule has 0 bridgehead atoms. The van der Waals surface area contributed by atoms with Crippen LogP contribution in [0.5, 0.6) is 0 Å². The van der Waals surface area contributed by atoms with Crippen LogP contribution in [0.2, 0.25) is 5.02 Å². The van der Waals surface area contributed by atoms with E-state index >= 15 is 0 Å². The number of rotatable bonds is 4. The molecule has 0 atom stereocenters. The summed E-state index contributed by atoms with van der Waals surface area (Å²) in [5.41, 5.74) is 1.49. The number of nitrogens with one attached hydrogen (secondary N) is 1. The minimum absolute atomic E-state index is 0.0281. The van der Waals surface area contributed by atoms with Gasteiger partial charge in [-0.25, -0.2) is 4.79 Å². The molecule has 1 fully saturated rings. The van der Waals surface area contributed by atoms with Crippen LogP contribution in [0.25, 0.3) is 0 Å². The summed E-state index contributed by atoms with van der Waals surface area (Å²) in [5.74, 6) is -1.02. The molecule has 19 heavy (non-hydrogen) atoms. The van der Waals surface area contributed by atoms with Crippen LogP contribution in [-0.2, 0) is 4.79 Å². The molecular weight excluding hydrogens is 268 g/mol. The van der Waals surface area contributed by atoms with Crippen LogP contribution < -0.4 is 5.32 Å². The van der Waals surface area contributed by atoms with E-state index in [1.165, 1.54) is 4.90 Å². The molecule has 5 nitrogen and oxygen atoms in total. The molecule has 2 amide bonds. The Balaban J connectivity index is 2.07. The quantitative estimate of drug-likeness (QED) is 0.892. The number of benzene rings is 1. The Labute approximate surface area is 116 Å². The van der Waals surface area contributed by atoms with Crippen LogP contribution in [0, 0.1) is 6.92 Å². The summed E-state index contributed by atoms with van der Waals surface area (Å²) in [6.07, 6.45) is 1.70. The summed E-state index contributed by atoms with van der Waals surface area (Å²) in [5, 5.41) is 11.9. The third-order valence-electron chi connectivity index (χ3n) is 2.92. The first-order valence-corrected chi connectivity index (χ1v) is 6.40. The van der Waals surface area contributed by atoms with Gasteiger partial charge in [0.25, 0.3) is 0 Å². The topological polar surface area (TPSA) is 69.6 Å². The summed E-state index contributed by atoms with van der Waals surface area (Å²) in [6.45, 7) is 1.61. The van der Waals surface area contributed by atoms with Crippen LogP contribution in [0.15, 0.2) is 18.2 Å². The predicted octanol–water partition coefficient (Wildman–Crippen LogP) is 2.73. The minimum Gasteiger partial charge on any atom is -0.480 e. The molecule has 1 aromatic rings. The fourth-order valence-electron chi connectivity index (χ4n) is 1.81. The average Bonchev–Trinajstić information content (AvgIpc) is 3.13. The van der Waals surface area contributed by atoms with Crippen molar-refractivity contribution in [2.24, 2.45) is 0 Å². The molecule has 0 spiro atoms. The molecule has 102 valence electrons. The molecule has 1 aliphatic carbocycles. The van der Waals surface area contributed by atoms with Gasteiger partial charge in [0.1, 0.15) is 6.54 Å². The van der Waals surface area contributed by atoms with Crippen LogP contribution in [0.3, 0.4) is 0 Å². The maximum Gasteiger partial charge on any atom is 0.323 e. The Morgan fingerprint density at radius 2 is 2.16 bits per heavy atom. The van der Waals surface area contributed by atoms with Crippen molar-refractivity contribution in [3.8, 4) is 0 Å². The Bertz CT molecular complexity index is 515. The molecule has 0 aromatic heterocycles. The van der Waals surface area contributed by atoms with Crippen molar-refractivity contribution in [1.29, 1.82) is 0 Å². The zero-order chi connectivity index (χ0) is 14.0. The molecule has 0 heterocycles. The molecule has 2 rings (SSSR count). The Hall–Kier alpha value is -1.75. The fraction of sp³-hybridized carbons (Fsp3) is 0.385. The zero-order valence-corrected chi connectivity index (χ0v) is 11.3. The van der Waals surface area contributed by atoms with Gasteiger partial charge >= 0.3 is 12.0 Å². The number of carbonyl (C=O) groups excluding carboxylic acids is 1. The summed E-state index contributed by atoms with van der Waals surface area (Å²) in [6, 6.07) is 4.90. The number of urea groups is 1. The lowest BCUT2D eigenvalue weighted by Crippen LogP contribution is -2.40. The first kappa shape index (κ1) is 13.7. The molecule has 6 heteroatoms. The van der Waals surface area contributed by atoms with Crippen molar-refractivity contribution in [2.75, 3.05) is 11.9 Å². The second-order valence-electron chi connectivity index (χ2n) is 4.67. The normalized spacial score (nSPS) is 14.0. The number of hydrogen-bond donors (Lipinski definition) is 2. The number of aryl methyl sites for hydroxylation is 1. The largest absolute Gasteiger partial charge is 0.480 e. The molecule has 0 unspecified atom stereocenters. The second kappa shape index (κ2) is 5.48. The van der Waals surface area contributed by atoms with E-state index in [2.05, 4.69) is 5.32 Å². The summed E-state index contributed by atoms with van der Waals surface area (Å²) >= 11 is 6.03. The molecule has 0 aliphatic heterocycles. The lowest BCUT2D eigenvalue weighted by Gasteiger charge is -2.21. The number of hydrogen-bond acceptors (Lipinski definition) is 2. The third kappa shape index (κ3) is 3.61. The number of aliphatic carboxylic acids is 1. The van der Waals surface area contributed by atoms with Crippen molar-refractivity contribution in [3.63, 3.8) is 0 Å². The van der Waals surface area contributed by atoms with E-state index in [0.717, 1.165) is 18.4 Å². The van der Waals surface area contributed by atoms with E-state index in [1.807, 2.05) is 13.0 Å². The second-order valence-corrected chi connectivity index (χ2v) is 5.07. The van der Waals surface area contributed by atoms with Crippen LogP contribution in [-0.4, -0.2) is 34.6 Å². The Morgan fingerprint density at radius 1 is 1.47 bits per heavy atom. The SMILES string of the molecule is Cc1ccc(NC(=O)N(CC(=O)O)C2CC2)c(Cl)c1. The summed E-state index contributed by atoms with van der Waals surface area (Å²) in [7, 11) is 0. The van der Waals surface area contributed by atoms with Crippen LogP contribution in [0.1, 0.15) is 18.4 Å². The van der Waals surface area contributed by atoms with Crippen molar-refractivity contribution in [1.82, 2.24) is 4.90 Å². The molecular formula is C13H15ClN2O3. The maximum absolute atomic E-state index is 12.1. The van der Waals surface area contributed by atoms with Gasteiger partial charge in [0.05, 0.1) is 10.7 Å². The minimum atomic E-state index is -1.02. The van der Waals surface area contributed by atoms with Crippen molar-refractivity contribution < 1.29 is 14.7 Å². The standard InChI is InChI=1S/C13H15ClN2O3/c1-8-2-5-11(10(14)6-8)15-13(19)16(7-12(17)18)9-3-4-9/h2,5-6,9H,3-4,7H2,1H3,(H,15,19)(H,17,18). The van der Waals surface area contributed by atoms with Crippen molar-refractivity contribution >= 4 is 29.3 Å². The zero-order valence-electron chi connectivity index (χ0n) is 10.5. The Morgan fingerprint density at radius 3 is 2.68 bits per heavy atom. The average molecular weight is 283 g/mol. The highest BCUT2D eigenvalue weighted by Crippen LogP contribution is 2.28. The summed E-state index contributed by atoms with van der Waals surface area (Å²) in [4.78, 5) is 24.2. The highest BCUT2D eigenvalue weighted by Gasteiger charge is 2.34. The summed E-state index contributed by atoms with van der Waals surface area (Å²) < 4.78 is 0. The van der Waals surface area contributed by atoms with Gasteiger partial charge in [-0.15, -0.1) is 0 Å².